The molecule has 9 heteroatoms. The molecule has 1 saturated heterocycles. The molecule has 31 heavy (non-hydrogen) atoms. The molecule has 0 spiro atoms. The van der Waals surface area contributed by atoms with E-state index in [4.69, 9.17) is 14.2 Å². The van der Waals surface area contributed by atoms with Crippen LogP contribution in [0, 0.1) is 0 Å². The maximum atomic E-state index is 12.8. The van der Waals surface area contributed by atoms with Crippen LogP contribution in [0.4, 0.5) is 0 Å². The van der Waals surface area contributed by atoms with Crippen molar-refractivity contribution in [1.29, 1.82) is 0 Å². The normalized spacial score (nSPS) is 16.2. The number of benzene rings is 2. The second-order valence-electron chi connectivity index (χ2n) is 7.18. The number of sulfonamides is 1. The van der Waals surface area contributed by atoms with Crippen LogP contribution in [-0.2, 0) is 14.8 Å². The number of hydrogen-bond acceptors (Lipinski definition) is 6. The third-order valence-corrected chi connectivity index (χ3v) is 6.83. The third kappa shape index (κ3) is 5.29. The molecule has 0 aromatic heterocycles. The minimum absolute atomic E-state index is 0.000799. The predicted molar refractivity (Wildman–Crippen MR) is 116 cm³/mol. The van der Waals surface area contributed by atoms with Gasteiger partial charge in [-0.1, -0.05) is 12.1 Å². The quantitative estimate of drug-likeness (QED) is 0.634. The molecular weight excluding hydrogens is 420 g/mol. The Morgan fingerprint density at radius 2 is 1.74 bits per heavy atom. The first-order valence-corrected chi connectivity index (χ1v) is 11.5. The first-order valence-electron chi connectivity index (χ1n) is 10.0. The van der Waals surface area contributed by atoms with Gasteiger partial charge in [0.05, 0.1) is 32.3 Å². The number of nitrogens with zero attached hydrogens (tertiary/aromatic N) is 1. The summed E-state index contributed by atoms with van der Waals surface area (Å²) in [4.78, 5) is 14.7. The van der Waals surface area contributed by atoms with Gasteiger partial charge in [-0.25, -0.2) is 13.1 Å². The van der Waals surface area contributed by atoms with Crippen LogP contribution >= 0.6 is 0 Å². The molecule has 8 nitrogen and oxygen atoms in total. The SMILES string of the molecule is COc1ccc(C2CCCN2C(=O)CCNS(=O)(=O)c2ccc(OC)c(OC)c2)cc1. The Bertz CT molecular complexity index is 1010. The average Bonchev–Trinajstić information content (AvgIpc) is 3.28. The summed E-state index contributed by atoms with van der Waals surface area (Å²) in [6, 6.07) is 12.1. The molecule has 1 aliphatic heterocycles. The molecule has 1 unspecified atom stereocenters. The van der Waals surface area contributed by atoms with E-state index in [0.717, 1.165) is 24.2 Å². The van der Waals surface area contributed by atoms with Crippen molar-refractivity contribution in [2.45, 2.75) is 30.2 Å². The van der Waals surface area contributed by atoms with Crippen LogP contribution in [-0.4, -0.2) is 53.6 Å². The van der Waals surface area contributed by atoms with E-state index >= 15 is 0 Å². The summed E-state index contributed by atoms with van der Waals surface area (Å²) < 4.78 is 43.2. The monoisotopic (exact) mass is 448 g/mol. The zero-order valence-corrected chi connectivity index (χ0v) is 18.8. The van der Waals surface area contributed by atoms with Crippen molar-refractivity contribution in [3.63, 3.8) is 0 Å². The molecule has 0 aliphatic carbocycles. The van der Waals surface area contributed by atoms with Crippen molar-refractivity contribution in [3.05, 3.63) is 48.0 Å². The van der Waals surface area contributed by atoms with E-state index in [9.17, 15) is 13.2 Å². The first-order chi connectivity index (χ1) is 14.9. The molecule has 3 rings (SSSR count). The number of nitrogens with one attached hydrogen (secondary N) is 1. The lowest BCUT2D eigenvalue weighted by Gasteiger charge is -2.25. The molecule has 1 heterocycles. The minimum Gasteiger partial charge on any atom is -0.497 e. The van der Waals surface area contributed by atoms with Crippen LogP contribution in [0.15, 0.2) is 47.4 Å². The van der Waals surface area contributed by atoms with E-state index < -0.39 is 10.0 Å². The van der Waals surface area contributed by atoms with Crippen LogP contribution < -0.4 is 18.9 Å². The number of carbonyl (C=O) groups excluding carboxylic acids is 1. The van der Waals surface area contributed by atoms with Crippen molar-refractivity contribution >= 4 is 15.9 Å². The van der Waals surface area contributed by atoms with Crippen molar-refractivity contribution in [2.75, 3.05) is 34.4 Å². The molecule has 0 bridgehead atoms. The van der Waals surface area contributed by atoms with Crippen molar-refractivity contribution in [1.82, 2.24) is 9.62 Å². The summed E-state index contributed by atoms with van der Waals surface area (Å²) in [7, 11) is 0.754. The molecule has 168 valence electrons. The molecule has 2 aromatic rings. The first kappa shape index (κ1) is 22.9. The summed E-state index contributed by atoms with van der Waals surface area (Å²) in [5.41, 5.74) is 1.05. The maximum absolute atomic E-state index is 12.8. The standard InChI is InChI=1S/C22H28N2O6S/c1-28-17-8-6-16(7-9-17)19-5-4-14-24(19)22(25)12-13-23-31(26,27)18-10-11-20(29-2)21(15-18)30-3/h6-11,15,19,23H,4-5,12-14H2,1-3H3. The molecule has 1 fully saturated rings. The summed E-state index contributed by atoms with van der Waals surface area (Å²) >= 11 is 0. The lowest BCUT2D eigenvalue weighted by atomic mass is 10.0. The third-order valence-electron chi connectivity index (χ3n) is 5.37. The molecular formula is C22H28N2O6S. The van der Waals surface area contributed by atoms with Gasteiger partial charge in [0.2, 0.25) is 15.9 Å². The lowest BCUT2D eigenvalue weighted by molar-refractivity contribution is -0.131. The highest BCUT2D eigenvalue weighted by atomic mass is 32.2. The van der Waals surface area contributed by atoms with Gasteiger partial charge < -0.3 is 19.1 Å². The molecule has 0 radical (unpaired) electrons. The summed E-state index contributed by atoms with van der Waals surface area (Å²) in [6.07, 6.45) is 1.88. The highest BCUT2D eigenvalue weighted by molar-refractivity contribution is 7.89. The van der Waals surface area contributed by atoms with E-state index in [1.54, 1.807) is 7.11 Å². The van der Waals surface area contributed by atoms with E-state index in [0.29, 0.717) is 18.0 Å². The van der Waals surface area contributed by atoms with Gasteiger partial charge >= 0.3 is 0 Å². The highest BCUT2D eigenvalue weighted by Crippen LogP contribution is 2.33. The van der Waals surface area contributed by atoms with E-state index in [1.165, 1.54) is 32.4 Å². The fourth-order valence-electron chi connectivity index (χ4n) is 3.74. The topological polar surface area (TPSA) is 94.2 Å². The number of likely N-dealkylation sites (tertiary alicyclic amines) is 1. The van der Waals surface area contributed by atoms with E-state index in [1.807, 2.05) is 29.2 Å². The number of methoxy groups -OCH3 is 3. The van der Waals surface area contributed by atoms with Gasteiger partial charge in [0, 0.05) is 25.6 Å². The van der Waals surface area contributed by atoms with Gasteiger partial charge in [-0.2, -0.15) is 0 Å². The molecule has 1 amide bonds. The van der Waals surface area contributed by atoms with Crippen LogP contribution in [0.5, 0.6) is 17.2 Å². The molecule has 1 N–H and O–H groups in total. The van der Waals surface area contributed by atoms with Gasteiger partial charge in [-0.3, -0.25) is 4.79 Å². The zero-order chi connectivity index (χ0) is 22.4. The fraction of sp³-hybridized carbons (Fsp3) is 0.409. The molecule has 2 aromatic carbocycles. The average molecular weight is 449 g/mol. The second kappa shape index (κ2) is 10.0. The Hall–Kier alpha value is -2.78. The van der Waals surface area contributed by atoms with Crippen molar-refractivity contribution < 1.29 is 27.4 Å². The number of rotatable bonds is 9. The fourth-order valence-corrected chi connectivity index (χ4v) is 4.79. The number of carbonyl (C=O) groups is 1. The Morgan fingerprint density at radius 3 is 2.39 bits per heavy atom. The molecule has 0 saturated carbocycles. The predicted octanol–water partition coefficient (Wildman–Crippen LogP) is 2.74. The van der Waals surface area contributed by atoms with Crippen molar-refractivity contribution in [3.8, 4) is 17.2 Å². The van der Waals surface area contributed by atoms with Gasteiger partial charge in [-0.15, -0.1) is 0 Å². The Kier molecular flexibility index (Phi) is 7.40. The van der Waals surface area contributed by atoms with E-state index in [2.05, 4.69) is 4.72 Å². The van der Waals surface area contributed by atoms with Crippen LogP contribution in [0.1, 0.15) is 30.9 Å². The van der Waals surface area contributed by atoms with Crippen LogP contribution in [0.25, 0.3) is 0 Å². The zero-order valence-electron chi connectivity index (χ0n) is 18.0. The Morgan fingerprint density at radius 1 is 1.03 bits per heavy atom. The highest BCUT2D eigenvalue weighted by Gasteiger charge is 2.29. The maximum Gasteiger partial charge on any atom is 0.240 e. The number of ether oxygens (including phenoxy) is 3. The van der Waals surface area contributed by atoms with Gasteiger partial charge in [0.1, 0.15) is 5.75 Å². The Labute approximate surface area is 183 Å². The smallest absolute Gasteiger partial charge is 0.240 e. The minimum atomic E-state index is -3.78. The number of amides is 1. The van der Waals surface area contributed by atoms with Gasteiger partial charge in [0.25, 0.3) is 0 Å². The summed E-state index contributed by atoms with van der Waals surface area (Å²) in [5, 5.41) is 0. The van der Waals surface area contributed by atoms with Crippen molar-refractivity contribution in [2.24, 2.45) is 0 Å². The summed E-state index contributed by atoms with van der Waals surface area (Å²) in [5.74, 6) is 1.45. The molecule has 1 atom stereocenters. The second-order valence-corrected chi connectivity index (χ2v) is 8.95. The van der Waals surface area contributed by atoms with Gasteiger partial charge in [-0.05, 0) is 42.7 Å². The number of hydrogen-bond donors (Lipinski definition) is 1. The van der Waals surface area contributed by atoms with Gasteiger partial charge in [0.15, 0.2) is 11.5 Å². The largest absolute Gasteiger partial charge is 0.497 e. The van der Waals surface area contributed by atoms with E-state index in [-0.39, 0.29) is 29.8 Å². The lowest BCUT2D eigenvalue weighted by Crippen LogP contribution is -2.34. The van der Waals surface area contributed by atoms with Crippen LogP contribution in [0.2, 0.25) is 0 Å². The Balaban J connectivity index is 1.61. The summed E-state index contributed by atoms with van der Waals surface area (Å²) in [6.45, 7) is 0.680. The van der Waals surface area contributed by atoms with Crippen LogP contribution in [0.3, 0.4) is 0 Å². The molecule has 1 aliphatic rings.